The predicted octanol–water partition coefficient (Wildman–Crippen LogP) is 2.33. The Hall–Kier alpha value is -2.41. The van der Waals surface area contributed by atoms with E-state index in [0.29, 0.717) is 26.1 Å². The summed E-state index contributed by atoms with van der Waals surface area (Å²) < 4.78 is 6.50. The van der Waals surface area contributed by atoms with E-state index in [4.69, 9.17) is 4.74 Å². The fraction of sp³-hybridized carbons (Fsp3) is 0.526. The maximum Gasteiger partial charge on any atom is 0.355 e. The van der Waals surface area contributed by atoms with Gasteiger partial charge in [-0.15, -0.1) is 0 Å². The van der Waals surface area contributed by atoms with Gasteiger partial charge in [0.1, 0.15) is 0 Å². The zero-order valence-electron chi connectivity index (χ0n) is 14.9. The van der Waals surface area contributed by atoms with Crippen LogP contribution >= 0.6 is 0 Å². The number of benzene rings is 1. The average molecular weight is 356 g/mol. The van der Waals surface area contributed by atoms with Crippen LogP contribution in [0.25, 0.3) is 0 Å². The number of hydrogen-bond donors (Lipinski definition) is 2. The van der Waals surface area contributed by atoms with Gasteiger partial charge in [-0.2, -0.15) is 4.98 Å². The maximum absolute atomic E-state index is 12.4. The van der Waals surface area contributed by atoms with Crippen molar-refractivity contribution in [2.45, 2.75) is 50.6 Å². The summed E-state index contributed by atoms with van der Waals surface area (Å²) in [7, 11) is 0. The molecule has 1 saturated heterocycles. The number of hydrogen-bond acceptors (Lipinski definition) is 5. The van der Waals surface area contributed by atoms with Crippen LogP contribution in [-0.2, 0) is 4.74 Å². The van der Waals surface area contributed by atoms with E-state index in [0.717, 1.165) is 11.5 Å². The molecular weight excluding hydrogens is 332 g/mol. The van der Waals surface area contributed by atoms with Crippen LogP contribution in [0.5, 0.6) is 0 Å². The monoisotopic (exact) mass is 356 g/mol. The summed E-state index contributed by atoms with van der Waals surface area (Å²) in [5.74, 6) is 0.935. The molecular formula is C19H24N4O3. The summed E-state index contributed by atoms with van der Waals surface area (Å²) in [5.41, 5.74) is 1.53. The zero-order valence-corrected chi connectivity index (χ0v) is 14.9. The molecule has 1 aromatic heterocycles. The predicted molar refractivity (Wildman–Crippen MR) is 98.7 cm³/mol. The lowest BCUT2D eigenvalue weighted by Crippen LogP contribution is -2.42. The Balaban J connectivity index is 1.50. The molecule has 0 amide bonds. The Morgan fingerprint density at radius 2 is 1.85 bits per heavy atom. The van der Waals surface area contributed by atoms with Gasteiger partial charge in [-0.1, -0.05) is 24.3 Å². The summed E-state index contributed by atoms with van der Waals surface area (Å²) in [6, 6.07) is 8.28. The molecule has 0 spiro atoms. The minimum Gasteiger partial charge on any atom is -0.381 e. The van der Waals surface area contributed by atoms with Crippen molar-refractivity contribution in [1.82, 2.24) is 14.5 Å². The van der Waals surface area contributed by atoms with E-state index >= 15 is 0 Å². The second kappa shape index (κ2) is 7.07. The number of nitrogens with zero attached hydrogens (tertiary/aromatic N) is 2. The first-order valence-electron chi connectivity index (χ1n) is 9.29. The van der Waals surface area contributed by atoms with Crippen molar-refractivity contribution in [3.63, 3.8) is 0 Å². The van der Waals surface area contributed by atoms with Crippen LogP contribution in [0.2, 0.25) is 0 Å². The fourth-order valence-electron chi connectivity index (χ4n) is 3.52. The van der Waals surface area contributed by atoms with Gasteiger partial charge in [0, 0.05) is 19.3 Å². The van der Waals surface area contributed by atoms with E-state index < -0.39 is 11.4 Å². The summed E-state index contributed by atoms with van der Waals surface area (Å²) >= 11 is 0. The Morgan fingerprint density at radius 3 is 2.46 bits per heavy atom. The van der Waals surface area contributed by atoms with Gasteiger partial charge in [-0.05, 0) is 49.7 Å². The number of aromatic nitrogens is 3. The van der Waals surface area contributed by atoms with E-state index in [1.165, 1.54) is 23.0 Å². The van der Waals surface area contributed by atoms with Crippen LogP contribution in [0, 0.1) is 0 Å². The molecule has 2 fully saturated rings. The molecule has 26 heavy (non-hydrogen) atoms. The van der Waals surface area contributed by atoms with Gasteiger partial charge in [0.25, 0.3) is 0 Å². The lowest BCUT2D eigenvalue weighted by Gasteiger charge is -2.23. The third kappa shape index (κ3) is 3.58. The minimum atomic E-state index is -0.514. The third-order valence-corrected chi connectivity index (χ3v) is 5.25. The highest BCUT2D eigenvalue weighted by Crippen LogP contribution is 2.40. The number of ether oxygens (including phenoxy) is 1. The largest absolute Gasteiger partial charge is 0.381 e. The van der Waals surface area contributed by atoms with Crippen LogP contribution in [-0.4, -0.2) is 27.7 Å². The summed E-state index contributed by atoms with van der Waals surface area (Å²) in [4.78, 5) is 31.5. The van der Waals surface area contributed by atoms with Crippen molar-refractivity contribution in [2.75, 3.05) is 18.5 Å². The lowest BCUT2D eigenvalue weighted by molar-refractivity contribution is 0.0670. The van der Waals surface area contributed by atoms with Crippen molar-refractivity contribution in [2.24, 2.45) is 0 Å². The van der Waals surface area contributed by atoms with E-state index in [-0.39, 0.29) is 18.0 Å². The summed E-state index contributed by atoms with van der Waals surface area (Å²) in [5, 5.41) is 3.13. The molecule has 0 unspecified atom stereocenters. The van der Waals surface area contributed by atoms with Crippen molar-refractivity contribution in [3.05, 3.63) is 56.4 Å². The minimum absolute atomic E-state index is 0.0651. The summed E-state index contributed by atoms with van der Waals surface area (Å²) in [6.45, 7) is 3.10. The molecule has 1 saturated carbocycles. The molecule has 138 valence electrons. The fourth-order valence-corrected chi connectivity index (χ4v) is 3.52. The van der Waals surface area contributed by atoms with Gasteiger partial charge < -0.3 is 10.1 Å². The van der Waals surface area contributed by atoms with E-state index in [1.54, 1.807) is 0 Å². The molecule has 2 aromatic rings. The van der Waals surface area contributed by atoms with Crippen molar-refractivity contribution < 1.29 is 4.74 Å². The highest BCUT2D eigenvalue weighted by atomic mass is 16.5. The van der Waals surface area contributed by atoms with Gasteiger partial charge in [-0.25, -0.2) is 14.2 Å². The Bertz CT molecular complexity index is 846. The quantitative estimate of drug-likeness (QED) is 0.858. The molecule has 1 aliphatic heterocycles. The highest BCUT2D eigenvalue weighted by molar-refractivity contribution is 5.34. The van der Waals surface area contributed by atoms with Gasteiger partial charge in [-0.3, -0.25) is 4.98 Å². The molecule has 7 nitrogen and oxygen atoms in total. The molecule has 7 heteroatoms. The lowest BCUT2D eigenvalue weighted by atomic mass is 10.0. The van der Waals surface area contributed by atoms with Crippen LogP contribution in [0.3, 0.4) is 0 Å². The maximum atomic E-state index is 12.4. The standard InChI is InChI=1S/C19H24N4O3/c1-12(13-2-4-14(5-3-13)15-6-7-15)20-17-21-18(24)23(19(25)22-17)16-8-10-26-11-9-16/h2-5,12,15-16H,6-11H2,1H3,(H2,20,21,22,24,25)/t12-/m1/s1. The second-order valence-corrected chi connectivity index (χ2v) is 7.19. The van der Waals surface area contributed by atoms with Gasteiger partial charge >= 0.3 is 11.4 Å². The number of H-pyrrole nitrogens is 1. The molecule has 2 heterocycles. The molecule has 0 radical (unpaired) electrons. The van der Waals surface area contributed by atoms with E-state index in [9.17, 15) is 9.59 Å². The number of aromatic amines is 1. The molecule has 4 rings (SSSR count). The van der Waals surface area contributed by atoms with Crippen LogP contribution in [0.1, 0.15) is 61.7 Å². The molecule has 0 bridgehead atoms. The number of anilines is 1. The zero-order chi connectivity index (χ0) is 18.1. The smallest absolute Gasteiger partial charge is 0.355 e. The van der Waals surface area contributed by atoms with Gasteiger partial charge in [0.15, 0.2) is 0 Å². The summed E-state index contributed by atoms with van der Waals surface area (Å²) in [6.07, 6.45) is 3.87. The molecule has 1 aromatic carbocycles. The van der Waals surface area contributed by atoms with Crippen molar-refractivity contribution >= 4 is 5.95 Å². The van der Waals surface area contributed by atoms with Crippen molar-refractivity contribution in [1.29, 1.82) is 0 Å². The Kier molecular flexibility index (Phi) is 4.63. The second-order valence-electron chi connectivity index (χ2n) is 7.19. The van der Waals surface area contributed by atoms with Crippen LogP contribution in [0.4, 0.5) is 5.95 Å². The first-order chi connectivity index (χ1) is 12.6. The van der Waals surface area contributed by atoms with E-state index in [2.05, 4.69) is 39.6 Å². The first-order valence-corrected chi connectivity index (χ1v) is 9.29. The molecule has 1 atom stereocenters. The number of rotatable bonds is 5. The van der Waals surface area contributed by atoms with Gasteiger partial charge in [0.05, 0.1) is 6.04 Å². The van der Waals surface area contributed by atoms with E-state index in [1.807, 2.05) is 6.92 Å². The molecule has 2 aliphatic rings. The molecule has 1 aliphatic carbocycles. The third-order valence-electron chi connectivity index (χ3n) is 5.25. The SMILES string of the molecule is C[C@@H](Nc1nc(=O)n(C2CCOCC2)c(=O)[nH]1)c1ccc(C2CC2)cc1. The van der Waals surface area contributed by atoms with Crippen LogP contribution < -0.4 is 16.7 Å². The van der Waals surface area contributed by atoms with Crippen LogP contribution in [0.15, 0.2) is 33.9 Å². The normalized spacial score (nSPS) is 19.3. The Labute approximate surface area is 151 Å². The highest BCUT2D eigenvalue weighted by Gasteiger charge is 2.23. The first kappa shape index (κ1) is 17.0. The molecule has 2 N–H and O–H groups in total. The van der Waals surface area contributed by atoms with Gasteiger partial charge in [0.2, 0.25) is 5.95 Å². The topological polar surface area (TPSA) is 89.0 Å². The number of nitrogens with one attached hydrogen (secondary N) is 2. The Morgan fingerprint density at radius 1 is 1.15 bits per heavy atom. The van der Waals surface area contributed by atoms with Crippen molar-refractivity contribution in [3.8, 4) is 0 Å². The average Bonchev–Trinajstić information content (AvgIpc) is 3.47.